The minimum Gasteiger partial charge on any atom is -0.490 e. The summed E-state index contributed by atoms with van der Waals surface area (Å²) in [6.45, 7) is 4.00. The normalized spacial score (nSPS) is 17.1. The molecule has 3 rings (SSSR count). The van der Waals surface area contributed by atoms with E-state index in [9.17, 15) is 4.79 Å². The Morgan fingerprint density at radius 2 is 2.21 bits per heavy atom. The fourth-order valence-electron chi connectivity index (χ4n) is 2.44. The number of fused-ring (bicyclic) bond motifs is 1. The van der Waals surface area contributed by atoms with Crippen LogP contribution in [0.25, 0.3) is 10.4 Å². The summed E-state index contributed by atoms with van der Waals surface area (Å²) in [6, 6.07) is 7.83. The second-order valence-corrected chi connectivity index (χ2v) is 5.94. The minimum atomic E-state index is -0.863. The molecule has 1 unspecified atom stereocenters. The number of benzene rings is 1. The summed E-state index contributed by atoms with van der Waals surface area (Å²) in [4.78, 5) is 12.4. The zero-order valence-electron chi connectivity index (χ0n) is 10.8. The van der Waals surface area contributed by atoms with Gasteiger partial charge in [0.25, 0.3) is 0 Å². The van der Waals surface area contributed by atoms with E-state index < -0.39 is 5.97 Å². The van der Waals surface area contributed by atoms with Gasteiger partial charge in [0.1, 0.15) is 16.7 Å². The Morgan fingerprint density at radius 3 is 2.89 bits per heavy atom. The summed E-state index contributed by atoms with van der Waals surface area (Å²) in [5.74, 6) is 0.0846. The number of ether oxygens (including phenoxy) is 1. The summed E-state index contributed by atoms with van der Waals surface area (Å²) in [5.41, 5.74) is 3.29. The molecule has 1 atom stereocenters. The van der Waals surface area contributed by atoms with Crippen LogP contribution in [0.5, 0.6) is 5.75 Å². The molecule has 4 heteroatoms. The van der Waals surface area contributed by atoms with Gasteiger partial charge < -0.3 is 9.84 Å². The summed E-state index contributed by atoms with van der Waals surface area (Å²) >= 11 is 1.33. The number of aromatic carboxylic acids is 1. The van der Waals surface area contributed by atoms with Crippen LogP contribution in [-0.4, -0.2) is 17.2 Å². The number of rotatable bonds is 2. The Hall–Kier alpha value is -1.81. The largest absolute Gasteiger partial charge is 0.490 e. The van der Waals surface area contributed by atoms with E-state index in [1.54, 1.807) is 6.07 Å². The van der Waals surface area contributed by atoms with Gasteiger partial charge in [-0.3, -0.25) is 0 Å². The third kappa shape index (κ3) is 2.12. The molecule has 1 N–H and O–H groups in total. The highest BCUT2D eigenvalue weighted by atomic mass is 32.1. The van der Waals surface area contributed by atoms with Crippen molar-refractivity contribution >= 4 is 17.3 Å². The van der Waals surface area contributed by atoms with Crippen LogP contribution in [0, 0.1) is 6.92 Å². The van der Waals surface area contributed by atoms with E-state index in [1.165, 1.54) is 16.9 Å². The molecule has 2 heterocycles. The van der Waals surface area contributed by atoms with Gasteiger partial charge in [-0.05, 0) is 54.8 Å². The highest BCUT2D eigenvalue weighted by molar-refractivity contribution is 7.17. The van der Waals surface area contributed by atoms with Crippen LogP contribution in [0.3, 0.4) is 0 Å². The third-order valence-corrected chi connectivity index (χ3v) is 4.56. The van der Waals surface area contributed by atoms with Crippen LogP contribution >= 0.6 is 11.3 Å². The minimum absolute atomic E-state index is 0.226. The van der Waals surface area contributed by atoms with Crippen LogP contribution in [-0.2, 0) is 6.42 Å². The molecule has 3 nitrogen and oxygen atoms in total. The number of carboxylic acids is 1. The quantitative estimate of drug-likeness (QED) is 0.907. The van der Waals surface area contributed by atoms with Crippen molar-refractivity contribution in [3.8, 4) is 16.2 Å². The van der Waals surface area contributed by atoms with E-state index in [4.69, 9.17) is 9.84 Å². The number of thiophene rings is 1. The van der Waals surface area contributed by atoms with Crippen molar-refractivity contribution in [2.75, 3.05) is 0 Å². The molecule has 0 amide bonds. The van der Waals surface area contributed by atoms with Gasteiger partial charge in [-0.2, -0.15) is 0 Å². The Bertz CT molecular complexity index is 657. The molecule has 0 aliphatic carbocycles. The summed E-state index contributed by atoms with van der Waals surface area (Å²) in [7, 11) is 0. The van der Waals surface area contributed by atoms with E-state index in [2.05, 4.69) is 13.0 Å². The molecule has 0 saturated heterocycles. The maximum absolute atomic E-state index is 11.0. The van der Waals surface area contributed by atoms with Crippen LogP contribution in [0.2, 0.25) is 0 Å². The molecular weight excluding hydrogens is 260 g/mol. The first kappa shape index (κ1) is 12.2. The van der Waals surface area contributed by atoms with Crippen molar-refractivity contribution in [1.82, 2.24) is 0 Å². The lowest BCUT2D eigenvalue weighted by molar-refractivity contribution is 0.0702. The lowest BCUT2D eigenvalue weighted by Crippen LogP contribution is -2.05. The number of carbonyl (C=O) groups is 1. The first-order chi connectivity index (χ1) is 9.04. The van der Waals surface area contributed by atoms with Gasteiger partial charge in [0.2, 0.25) is 0 Å². The van der Waals surface area contributed by atoms with E-state index in [-0.39, 0.29) is 6.10 Å². The number of carboxylic acid groups (broad SMARTS) is 1. The van der Waals surface area contributed by atoms with Gasteiger partial charge in [0.15, 0.2) is 0 Å². The Labute approximate surface area is 115 Å². The van der Waals surface area contributed by atoms with Gasteiger partial charge in [-0.1, -0.05) is 0 Å². The number of hydrogen-bond donors (Lipinski definition) is 1. The average Bonchev–Trinajstić information content (AvgIpc) is 2.90. The van der Waals surface area contributed by atoms with Crippen LogP contribution in [0.1, 0.15) is 27.7 Å². The second kappa shape index (κ2) is 4.38. The lowest BCUT2D eigenvalue weighted by atomic mass is 10.0. The van der Waals surface area contributed by atoms with Crippen LogP contribution < -0.4 is 4.74 Å². The predicted molar refractivity (Wildman–Crippen MR) is 75.2 cm³/mol. The molecule has 1 aliphatic heterocycles. The molecule has 0 fully saturated rings. The molecule has 0 radical (unpaired) electrons. The Morgan fingerprint density at radius 1 is 1.42 bits per heavy atom. The van der Waals surface area contributed by atoms with E-state index >= 15 is 0 Å². The molecule has 1 aromatic heterocycles. The van der Waals surface area contributed by atoms with Crippen molar-refractivity contribution in [3.05, 3.63) is 40.3 Å². The molecule has 0 saturated carbocycles. The van der Waals surface area contributed by atoms with Crippen molar-refractivity contribution in [2.24, 2.45) is 0 Å². The van der Waals surface area contributed by atoms with Gasteiger partial charge in [0, 0.05) is 11.3 Å². The van der Waals surface area contributed by atoms with Crippen molar-refractivity contribution in [1.29, 1.82) is 0 Å². The van der Waals surface area contributed by atoms with Crippen molar-refractivity contribution in [3.63, 3.8) is 0 Å². The summed E-state index contributed by atoms with van der Waals surface area (Å²) < 4.78 is 5.68. The fraction of sp³-hybridized carbons (Fsp3) is 0.267. The van der Waals surface area contributed by atoms with E-state index in [0.717, 1.165) is 28.2 Å². The average molecular weight is 274 g/mol. The van der Waals surface area contributed by atoms with Gasteiger partial charge in [-0.15, -0.1) is 11.3 Å². The van der Waals surface area contributed by atoms with Crippen molar-refractivity contribution in [2.45, 2.75) is 26.4 Å². The lowest BCUT2D eigenvalue weighted by Gasteiger charge is -2.04. The molecule has 0 bridgehead atoms. The molecule has 1 aromatic carbocycles. The Kier molecular flexibility index (Phi) is 2.82. The maximum atomic E-state index is 11.0. The molecular formula is C15H14O3S. The molecule has 19 heavy (non-hydrogen) atoms. The first-order valence-electron chi connectivity index (χ1n) is 6.18. The monoisotopic (exact) mass is 274 g/mol. The zero-order chi connectivity index (χ0) is 13.6. The maximum Gasteiger partial charge on any atom is 0.345 e. The highest BCUT2D eigenvalue weighted by Crippen LogP contribution is 2.37. The van der Waals surface area contributed by atoms with Gasteiger partial charge in [-0.25, -0.2) is 4.79 Å². The van der Waals surface area contributed by atoms with Crippen LogP contribution in [0.15, 0.2) is 24.3 Å². The summed E-state index contributed by atoms with van der Waals surface area (Å²) in [6.07, 6.45) is 1.14. The molecule has 2 aromatic rings. The van der Waals surface area contributed by atoms with Crippen molar-refractivity contribution < 1.29 is 14.6 Å². The number of aryl methyl sites for hydroxylation is 1. The summed E-state index contributed by atoms with van der Waals surface area (Å²) in [5, 5.41) is 9.05. The first-order valence-corrected chi connectivity index (χ1v) is 7.00. The van der Waals surface area contributed by atoms with Gasteiger partial charge in [0.05, 0.1) is 0 Å². The predicted octanol–water partition coefficient (Wildman–Crippen LogP) is 3.75. The second-order valence-electron chi connectivity index (χ2n) is 4.88. The highest BCUT2D eigenvalue weighted by Gasteiger charge is 2.20. The number of hydrogen-bond acceptors (Lipinski definition) is 3. The van der Waals surface area contributed by atoms with Crippen LogP contribution in [0.4, 0.5) is 0 Å². The van der Waals surface area contributed by atoms with Gasteiger partial charge >= 0.3 is 5.97 Å². The van der Waals surface area contributed by atoms with E-state index in [1.807, 2.05) is 19.1 Å². The fourth-order valence-corrected chi connectivity index (χ4v) is 3.45. The SMILES string of the molecule is Cc1cc(C(=O)O)sc1-c1ccc2c(c1)CC(C)O2. The van der Waals surface area contributed by atoms with E-state index in [0.29, 0.717) is 4.88 Å². The molecule has 0 spiro atoms. The zero-order valence-corrected chi connectivity index (χ0v) is 11.6. The standard InChI is InChI=1S/C15H14O3S/c1-8-5-13(15(16)17)19-14(8)10-3-4-12-11(7-10)6-9(2)18-12/h3-5,7,9H,6H2,1-2H3,(H,16,17). The molecule has 1 aliphatic rings. The topological polar surface area (TPSA) is 46.5 Å². The third-order valence-electron chi connectivity index (χ3n) is 3.29. The Balaban J connectivity index is 2.04. The smallest absolute Gasteiger partial charge is 0.345 e. The molecule has 98 valence electrons.